The summed E-state index contributed by atoms with van der Waals surface area (Å²) in [6, 6.07) is 11.3. The van der Waals surface area contributed by atoms with Crippen LogP contribution in [0.2, 0.25) is 5.02 Å². The fourth-order valence-electron chi connectivity index (χ4n) is 3.95. The number of nitrogens with one attached hydrogen (secondary N) is 1. The van der Waals surface area contributed by atoms with Gasteiger partial charge in [-0.15, -0.1) is 11.3 Å². The van der Waals surface area contributed by atoms with Crippen molar-refractivity contribution in [3.63, 3.8) is 0 Å². The first kappa shape index (κ1) is 20.9. The summed E-state index contributed by atoms with van der Waals surface area (Å²) in [5.41, 5.74) is 0.587. The van der Waals surface area contributed by atoms with Crippen LogP contribution in [0.3, 0.4) is 0 Å². The molecule has 8 heteroatoms. The molecule has 1 atom stereocenters. The molecule has 0 bridgehead atoms. The Morgan fingerprint density at radius 2 is 2.07 bits per heavy atom. The lowest BCUT2D eigenvalue weighted by molar-refractivity contribution is -0.133. The van der Waals surface area contributed by atoms with Crippen molar-refractivity contribution < 1.29 is 14.3 Å². The second kappa shape index (κ2) is 8.41. The number of carbonyl (C=O) groups excluding carboxylic acids is 2. The molecule has 3 aromatic rings. The number of amides is 2. The van der Waals surface area contributed by atoms with Crippen molar-refractivity contribution in [3.05, 3.63) is 58.1 Å². The molecule has 0 saturated heterocycles. The van der Waals surface area contributed by atoms with E-state index in [1.165, 1.54) is 0 Å². The zero-order valence-corrected chi connectivity index (χ0v) is 18.6. The Morgan fingerprint density at radius 1 is 1.30 bits per heavy atom. The van der Waals surface area contributed by atoms with Crippen LogP contribution >= 0.6 is 22.9 Å². The minimum atomic E-state index is -1.000. The molecule has 4 rings (SSSR count). The predicted octanol–water partition coefficient (Wildman–Crippen LogP) is 3.92. The van der Waals surface area contributed by atoms with Gasteiger partial charge >= 0.3 is 0 Å². The Hall–Kier alpha value is -2.35. The van der Waals surface area contributed by atoms with Gasteiger partial charge in [0, 0.05) is 37.2 Å². The van der Waals surface area contributed by atoms with Gasteiger partial charge in [0.1, 0.15) is 16.1 Å². The number of aromatic nitrogens is 1. The molecule has 1 unspecified atom stereocenters. The zero-order chi connectivity index (χ0) is 21.3. The van der Waals surface area contributed by atoms with Gasteiger partial charge in [0.25, 0.3) is 5.91 Å². The standard InChI is InChI=1S/C22H24ClN3O3S/c1-22(21(28)24-13-15-4-6-17(23)7-5-15)14-25-18(12-16-8-11-30-20(16)25)19(27)26(22)9-3-10-29-2/h4-8,11-12H,3,9-10,13-14H2,1-2H3,(H,24,28). The van der Waals surface area contributed by atoms with Gasteiger partial charge in [0.05, 0.1) is 6.54 Å². The lowest BCUT2D eigenvalue weighted by Crippen LogP contribution is -2.64. The molecule has 0 aliphatic carbocycles. The molecule has 0 fully saturated rings. The third-order valence-electron chi connectivity index (χ3n) is 5.61. The number of fused-ring (bicyclic) bond motifs is 3. The average Bonchev–Trinajstić information content (AvgIpc) is 3.32. The summed E-state index contributed by atoms with van der Waals surface area (Å²) in [4.78, 5) is 29.5. The highest BCUT2D eigenvalue weighted by Crippen LogP contribution is 2.34. The van der Waals surface area contributed by atoms with Crippen molar-refractivity contribution in [2.24, 2.45) is 0 Å². The van der Waals surface area contributed by atoms with E-state index < -0.39 is 5.54 Å². The van der Waals surface area contributed by atoms with E-state index in [1.807, 2.05) is 41.1 Å². The first-order valence-corrected chi connectivity index (χ1v) is 11.1. The molecule has 0 spiro atoms. The molecule has 0 radical (unpaired) electrons. The Bertz CT molecular complexity index is 1080. The van der Waals surface area contributed by atoms with E-state index in [0.717, 1.165) is 15.8 Å². The summed E-state index contributed by atoms with van der Waals surface area (Å²) in [5, 5.41) is 6.71. The summed E-state index contributed by atoms with van der Waals surface area (Å²) in [7, 11) is 1.63. The van der Waals surface area contributed by atoms with Crippen LogP contribution in [-0.2, 0) is 22.6 Å². The third-order valence-corrected chi connectivity index (χ3v) is 6.82. The van der Waals surface area contributed by atoms with Gasteiger partial charge in [-0.05, 0) is 48.6 Å². The molecule has 30 heavy (non-hydrogen) atoms. The van der Waals surface area contributed by atoms with Crippen LogP contribution in [0.1, 0.15) is 29.4 Å². The summed E-state index contributed by atoms with van der Waals surface area (Å²) in [5.74, 6) is -0.294. The van der Waals surface area contributed by atoms with E-state index in [-0.39, 0.29) is 11.8 Å². The molecular formula is C22H24ClN3O3S. The normalized spacial score (nSPS) is 18.6. The zero-order valence-electron chi connectivity index (χ0n) is 17.0. The maximum atomic E-state index is 13.4. The monoisotopic (exact) mass is 445 g/mol. The number of rotatable bonds is 7. The molecule has 1 aliphatic rings. The Morgan fingerprint density at radius 3 is 2.80 bits per heavy atom. The van der Waals surface area contributed by atoms with Gasteiger partial charge < -0.3 is 19.5 Å². The Kier molecular flexibility index (Phi) is 5.86. The van der Waals surface area contributed by atoms with Crippen LogP contribution in [0.15, 0.2) is 41.8 Å². The topological polar surface area (TPSA) is 63.6 Å². The summed E-state index contributed by atoms with van der Waals surface area (Å²) in [6.45, 7) is 3.62. The highest BCUT2D eigenvalue weighted by molar-refractivity contribution is 7.16. The number of ether oxygens (including phenoxy) is 1. The fourth-order valence-corrected chi connectivity index (χ4v) is 4.97. The van der Waals surface area contributed by atoms with E-state index in [1.54, 1.807) is 35.5 Å². The predicted molar refractivity (Wildman–Crippen MR) is 119 cm³/mol. The number of benzene rings is 1. The van der Waals surface area contributed by atoms with Crippen LogP contribution in [0, 0.1) is 0 Å². The van der Waals surface area contributed by atoms with Crippen molar-refractivity contribution in [1.82, 2.24) is 14.8 Å². The van der Waals surface area contributed by atoms with Crippen molar-refractivity contribution in [3.8, 4) is 0 Å². The first-order valence-electron chi connectivity index (χ1n) is 9.84. The average molecular weight is 446 g/mol. The van der Waals surface area contributed by atoms with Crippen molar-refractivity contribution in [1.29, 1.82) is 0 Å². The van der Waals surface area contributed by atoms with Crippen molar-refractivity contribution in [2.75, 3.05) is 20.3 Å². The minimum Gasteiger partial charge on any atom is -0.385 e. The van der Waals surface area contributed by atoms with Crippen LogP contribution in [0.25, 0.3) is 10.2 Å². The highest BCUT2D eigenvalue weighted by atomic mass is 35.5. The second-order valence-electron chi connectivity index (χ2n) is 7.68. The molecule has 158 valence electrons. The summed E-state index contributed by atoms with van der Waals surface area (Å²) in [6.07, 6.45) is 0.664. The molecule has 0 saturated carbocycles. The quantitative estimate of drug-likeness (QED) is 0.560. The van der Waals surface area contributed by atoms with Crippen LogP contribution < -0.4 is 5.32 Å². The lowest BCUT2D eigenvalue weighted by atomic mass is 9.94. The third kappa shape index (κ3) is 3.73. The van der Waals surface area contributed by atoms with E-state index >= 15 is 0 Å². The minimum absolute atomic E-state index is 0.120. The first-order chi connectivity index (χ1) is 14.4. The van der Waals surface area contributed by atoms with Gasteiger partial charge in [-0.25, -0.2) is 0 Å². The SMILES string of the molecule is COCCCN1C(=O)c2cc3ccsc3n2CC1(C)C(=O)NCc1ccc(Cl)cc1. The molecule has 2 amide bonds. The summed E-state index contributed by atoms with van der Waals surface area (Å²) < 4.78 is 7.15. The number of methoxy groups -OCH3 is 1. The van der Waals surface area contributed by atoms with Crippen molar-refractivity contribution >= 4 is 45.0 Å². The molecule has 1 aliphatic heterocycles. The largest absolute Gasteiger partial charge is 0.385 e. The van der Waals surface area contributed by atoms with Gasteiger partial charge in [0.2, 0.25) is 5.91 Å². The maximum Gasteiger partial charge on any atom is 0.271 e. The smallest absolute Gasteiger partial charge is 0.271 e. The van der Waals surface area contributed by atoms with Gasteiger partial charge in [-0.1, -0.05) is 23.7 Å². The van der Waals surface area contributed by atoms with Crippen molar-refractivity contribution in [2.45, 2.75) is 32.0 Å². The number of thiophene rings is 1. The lowest BCUT2D eigenvalue weighted by Gasteiger charge is -2.44. The van der Waals surface area contributed by atoms with E-state index in [0.29, 0.717) is 43.4 Å². The second-order valence-corrected chi connectivity index (χ2v) is 9.01. The number of hydrogen-bond donors (Lipinski definition) is 1. The Balaban J connectivity index is 1.62. The number of nitrogens with zero attached hydrogens (tertiary/aromatic N) is 2. The van der Waals surface area contributed by atoms with Crippen LogP contribution in [-0.4, -0.2) is 47.1 Å². The van der Waals surface area contributed by atoms with Gasteiger partial charge in [-0.3, -0.25) is 9.59 Å². The molecule has 3 heterocycles. The van der Waals surface area contributed by atoms with E-state index in [9.17, 15) is 9.59 Å². The van der Waals surface area contributed by atoms with Crippen LogP contribution in [0.5, 0.6) is 0 Å². The molecule has 1 N–H and O–H groups in total. The molecular weight excluding hydrogens is 422 g/mol. The van der Waals surface area contributed by atoms with Crippen LogP contribution in [0.4, 0.5) is 0 Å². The molecule has 1 aromatic carbocycles. The molecule has 2 aromatic heterocycles. The maximum absolute atomic E-state index is 13.4. The van der Waals surface area contributed by atoms with Gasteiger partial charge in [0.15, 0.2) is 0 Å². The highest BCUT2D eigenvalue weighted by Gasteiger charge is 2.47. The number of hydrogen-bond acceptors (Lipinski definition) is 4. The number of halogens is 1. The number of carbonyl (C=O) groups is 2. The van der Waals surface area contributed by atoms with Gasteiger partial charge in [-0.2, -0.15) is 0 Å². The fraction of sp³-hybridized carbons (Fsp3) is 0.364. The molecule has 6 nitrogen and oxygen atoms in total. The summed E-state index contributed by atoms with van der Waals surface area (Å²) >= 11 is 7.53. The Labute approximate surface area is 184 Å². The van der Waals surface area contributed by atoms with E-state index in [4.69, 9.17) is 16.3 Å². The van der Waals surface area contributed by atoms with E-state index in [2.05, 4.69) is 5.32 Å².